The molecule has 0 amide bonds. The molecule has 26 heavy (non-hydrogen) atoms. The number of aliphatic hydroxyl groups is 1. The molecule has 0 aliphatic carbocycles. The summed E-state index contributed by atoms with van der Waals surface area (Å²) in [5.41, 5.74) is 0.291. The molecule has 7 heteroatoms. The van der Waals surface area contributed by atoms with Gasteiger partial charge in [-0.3, -0.25) is 4.99 Å². The molecular formula is C19H29FN4O2. The Bertz CT molecular complexity index is 594. The van der Waals surface area contributed by atoms with Crippen LogP contribution in [0, 0.1) is 5.82 Å². The van der Waals surface area contributed by atoms with Crippen molar-refractivity contribution in [2.75, 3.05) is 57.4 Å². The number of benzene rings is 1. The molecule has 1 aromatic rings. The lowest BCUT2D eigenvalue weighted by Crippen LogP contribution is -2.53. The molecule has 2 aliphatic heterocycles. The molecule has 2 heterocycles. The first-order valence-electron chi connectivity index (χ1n) is 9.43. The Labute approximate surface area is 154 Å². The highest BCUT2D eigenvalue weighted by atomic mass is 19.1. The van der Waals surface area contributed by atoms with Crippen molar-refractivity contribution >= 4 is 11.6 Å². The van der Waals surface area contributed by atoms with Crippen LogP contribution in [-0.2, 0) is 4.74 Å². The number of guanidine groups is 1. The lowest BCUT2D eigenvalue weighted by atomic mass is 9.95. The summed E-state index contributed by atoms with van der Waals surface area (Å²) in [6.45, 7) is 7.82. The minimum absolute atomic E-state index is 0.208. The van der Waals surface area contributed by atoms with Crippen LogP contribution in [0.15, 0.2) is 29.3 Å². The van der Waals surface area contributed by atoms with Crippen molar-refractivity contribution in [1.82, 2.24) is 10.2 Å². The molecule has 6 nitrogen and oxygen atoms in total. The van der Waals surface area contributed by atoms with E-state index in [0.29, 0.717) is 32.6 Å². The van der Waals surface area contributed by atoms with Crippen molar-refractivity contribution in [3.05, 3.63) is 30.1 Å². The van der Waals surface area contributed by atoms with Gasteiger partial charge in [-0.1, -0.05) is 0 Å². The Hall–Kier alpha value is -1.86. The number of rotatable bonds is 4. The predicted octanol–water partition coefficient (Wildman–Crippen LogP) is 1.45. The summed E-state index contributed by atoms with van der Waals surface area (Å²) in [6.07, 6.45) is 1.27. The van der Waals surface area contributed by atoms with Gasteiger partial charge in [0.25, 0.3) is 0 Å². The van der Waals surface area contributed by atoms with Crippen molar-refractivity contribution in [2.24, 2.45) is 4.99 Å². The largest absolute Gasteiger partial charge is 0.388 e. The molecule has 2 saturated heterocycles. The highest BCUT2D eigenvalue weighted by Crippen LogP contribution is 2.21. The zero-order chi connectivity index (χ0) is 18.4. The second-order valence-corrected chi connectivity index (χ2v) is 6.96. The lowest BCUT2D eigenvalue weighted by Gasteiger charge is -2.38. The number of piperazine rings is 1. The second-order valence-electron chi connectivity index (χ2n) is 6.96. The summed E-state index contributed by atoms with van der Waals surface area (Å²) in [7, 11) is 0. The van der Waals surface area contributed by atoms with Crippen molar-refractivity contribution in [3.8, 4) is 0 Å². The number of hydrogen-bond donors (Lipinski definition) is 2. The van der Waals surface area contributed by atoms with E-state index < -0.39 is 5.60 Å². The van der Waals surface area contributed by atoms with Gasteiger partial charge < -0.3 is 25.0 Å². The van der Waals surface area contributed by atoms with E-state index in [9.17, 15) is 9.50 Å². The summed E-state index contributed by atoms with van der Waals surface area (Å²) in [5.74, 6) is 0.645. The number of aliphatic imine (C=N–C) groups is 1. The number of ether oxygens (including phenoxy) is 1. The maximum absolute atomic E-state index is 13.1. The number of halogens is 1. The molecule has 144 valence electrons. The van der Waals surface area contributed by atoms with Crippen molar-refractivity contribution in [3.63, 3.8) is 0 Å². The minimum Gasteiger partial charge on any atom is -0.388 e. The SMILES string of the molecule is CCNC(=NCC1(O)CCOCC1)N1CCN(c2ccc(F)cc2)CC1. The number of nitrogens with one attached hydrogen (secondary N) is 1. The predicted molar refractivity (Wildman–Crippen MR) is 101 cm³/mol. The fourth-order valence-corrected chi connectivity index (χ4v) is 3.39. The first kappa shape index (κ1) is 18.9. The van der Waals surface area contributed by atoms with E-state index in [2.05, 4.69) is 15.1 Å². The van der Waals surface area contributed by atoms with Crippen LogP contribution >= 0.6 is 0 Å². The third-order valence-corrected chi connectivity index (χ3v) is 5.05. The van der Waals surface area contributed by atoms with E-state index in [1.54, 1.807) is 0 Å². The molecule has 2 N–H and O–H groups in total. The van der Waals surface area contributed by atoms with Crippen molar-refractivity contribution < 1.29 is 14.2 Å². The summed E-state index contributed by atoms with van der Waals surface area (Å²) in [4.78, 5) is 9.18. The highest BCUT2D eigenvalue weighted by molar-refractivity contribution is 5.80. The standard InChI is InChI=1S/C19H29FN4O2/c1-2-21-18(22-15-19(25)7-13-26-14-8-19)24-11-9-23(10-12-24)17-5-3-16(20)4-6-17/h3-6,25H,2,7-15H2,1H3,(H,21,22). The van der Waals surface area contributed by atoms with Gasteiger partial charge in [-0.15, -0.1) is 0 Å². The van der Waals surface area contributed by atoms with Crippen LogP contribution in [0.4, 0.5) is 10.1 Å². The van der Waals surface area contributed by atoms with E-state index in [1.165, 1.54) is 12.1 Å². The maximum Gasteiger partial charge on any atom is 0.194 e. The number of hydrogen-bond acceptors (Lipinski definition) is 4. The summed E-state index contributed by atoms with van der Waals surface area (Å²) < 4.78 is 18.4. The van der Waals surface area contributed by atoms with Gasteiger partial charge in [0.1, 0.15) is 5.82 Å². The monoisotopic (exact) mass is 364 g/mol. The molecule has 0 radical (unpaired) electrons. The fraction of sp³-hybridized carbons (Fsp3) is 0.632. The van der Waals surface area contributed by atoms with Crippen LogP contribution in [-0.4, -0.2) is 74.0 Å². The molecule has 0 atom stereocenters. The molecule has 0 spiro atoms. The second kappa shape index (κ2) is 8.68. The summed E-state index contributed by atoms with van der Waals surface area (Å²) >= 11 is 0. The van der Waals surface area contributed by atoms with Crippen LogP contribution in [0.3, 0.4) is 0 Å². The Morgan fingerprint density at radius 2 is 1.85 bits per heavy atom. The molecular weight excluding hydrogens is 335 g/mol. The average molecular weight is 364 g/mol. The Morgan fingerprint density at radius 1 is 1.19 bits per heavy atom. The van der Waals surface area contributed by atoms with Crippen LogP contribution in [0.5, 0.6) is 0 Å². The topological polar surface area (TPSA) is 60.3 Å². The van der Waals surface area contributed by atoms with Crippen LogP contribution in [0.2, 0.25) is 0 Å². The molecule has 2 fully saturated rings. The van der Waals surface area contributed by atoms with Gasteiger partial charge in [-0.05, 0) is 31.2 Å². The van der Waals surface area contributed by atoms with Gasteiger partial charge in [-0.2, -0.15) is 0 Å². The van der Waals surface area contributed by atoms with Crippen molar-refractivity contribution in [2.45, 2.75) is 25.4 Å². The number of nitrogens with zero attached hydrogens (tertiary/aromatic N) is 3. The van der Waals surface area contributed by atoms with E-state index in [0.717, 1.165) is 44.4 Å². The lowest BCUT2D eigenvalue weighted by molar-refractivity contribution is -0.0566. The first-order valence-corrected chi connectivity index (χ1v) is 9.43. The number of anilines is 1. The molecule has 0 bridgehead atoms. The smallest absolute Gasteiger partial charge is 0.194 e. The Balaban J connectivity index is 1.59. The van der Waals surface area contributed by atoms with Gasteiger partial charge in [0.15, 0.2) is 5.96 Å². The minimum atomic E-state index is -0.755. The van der Waals surface area contributed by atoms with Gasteiger partial charge >= 0.3 is 0 Å². The summed E-state index contributed by atoms with van der Waals surface area (Å²) in [5, 5.41) is 14.0. The van der Waals surface area contributed by atoms with E-state index in [-0.39, 0.29) is 5.82 Å². The zero-order valence-corrected chi connectivity index (χ0v) is 15.5. The highest BCUT2D eigenvalue weighted by Gasteiger charge is 2.30. The van der Waals surface area contributed by atoms with Gasteiger partial charge in [0, 0.05) is 64.5 Å². The summed E-state index contributed by atoms with van der Waals surface area (Å²) in [6, 6.07) is 6.65. The Morgan fingerprint density at radius 3 is 2.46 bits per heavy atom. The van der Waals surface area contributed by atoms with Crippen molar-refractivity contribution in [1.29, 1.82) is 0 Å². The molecule has 0 saturated carbocycles. The van der Waals surface area contributed by atoms with E-state index in [1.807, 2.05) is 19.1 Å². The van der Waals surface area contributed by atoms with Gasteiger partial charge in [-0.25, -0.2) is 4.39 Å². The molecule has 0 aromatic heterocycles. The normalized spacial score (nSPS) is 21.0. The van der Waals surface area contributed by atoms with Gasteiger partial charge in [0.2, 0.25) is 0 Å². The van der Waals surface area contributed by atoms with Crippen LogP contribution in [0.1, 0.15) is 19.8 Å². The van der Waals surface area contributed by atoms with E-state index >= 15 is 0 Å². The quantitative estimate of drug-likeness (QED) is 0.626. The maximum atomic E-state index is 13.1. The molecule has 1 aromatic carbocycles. The van der Waals surface area contributed by atoms with E-state index in [4.69, 9.17) is 9.73 Å². The Kier molecular flexibility index (Phi) is 6.32. The zero-order valence-electron chi connectivity index (χ0n) is 15.5. The first-order chi connectivity index (χ1) is 12.6. The average Bonchev–Trinajstić information content (AvgIpc) is 2.67. The third-order valence-electron chi connectivity index (χ3n) is 5.05. The van der Waals surface area contributed by atoms with Crippen LogP contribution < -0.4 is 10.2 Å². The van der Waals surface area contributed by atoms with Crippen LogP contribution in [0.25, 0.3) is 0 Å². The van der Waals surface area contributed by atoms with Gasteiger partial charge in [0.05, 0.1) is 12.1 Å². The third kappa shape index (κ3) is 4.86. The molecule has 0 unspecified atom stereocenters. The molecule has 3 rings (SSSR count). The molecule has 2 aliphatic rings. The fourth-order valence-electron chi connectivity index (χ4n) is 3.39.